The molecular weight excluding hydrogens is 249 g/mol. The van der Waals surface area contributed by atoms with Crippen LogP contribution < -0.4 is 4.74 Å². The number of hydrogen-bond donors (Lipinski definition) is 0. The zero-order valence-corrected chi connectivity index (χ0v) is 8.98. The fraction of sp³-hybridized carbons (Fsp3) is 0.222. The van der Waals surface area contributed by atoms with Gasteiger partial charge in [-0.05, 0) is 12.1 Å². The number of amides is 1. The van der Waals surface area contributed by atoms with Gasteiger partial charge in [0.1, 0.15) is 12.4 Å². The van der Waals surface area contributed by atoms with Crippen LogP contribution >= 0.6 is 0 Å². The summed E-state index contributed by atoms with van der Waals surface area (Å²) in [5.41, 5.74) is -0.177. The van der Waals surface area contributed by atoms with Gasteiger partial charge < -0.3 is 4.74 Å². The van der Waals surface area contributed by atoms with Crippen LogP contribution in [0.1, 0.15) is 0 Å². The normalized spacial score (nSPS) is 9.61. The zero-order valence-electron chi connectivity index (χ0n) is 8.98. The van der Waals surface area contributed by atoms with E-state index in [1.807, 2.05) is 0 Å². The highest BCUT2D eigenvalue weighted by Crippen LogP contribution is 2.18. The molecule has 0 unspecified atom stereocenters. The maximum Gasteiger partial charge on any atom is 0.438 e. The topological polar surface area (TPSA) is 102 Å². The predicted octanol–water partition coefficient (Wildman–Crippen LogP) is 2.05. The number of rotatable bonds is 5. The fourth-order valence-electron chi connectivity index (χ4n) is 1.03. The molecule has 0 aromatic heterocycles. The number of nitrogens with zero attached hydrogens (tertiary/aromatic N) is 3. The molecule has 1 aromatic rings. The number of hydrogen-bond acceptors (Lipinski definition) is 6. The van der Waals surface area contributed by atoms with Crippen LogP contribution in [0, 0.1) is 15.0 Å². The summed E-state index contributed by atoms with van der Waals surface area (Å²) < 4.78 is 16.6. The predicted molar refractivity (Wildman–Crippen MR) is 57.6 cm³/mol. The molecule has 0 atom stereocenters. The molecule has 0 saturated heterocycles. The van der Waals surface area contributed by atoms with E-state index in [-0.39, 0.29) is 16.4 Å². The van der Waals surface area contributed by atoms with Crippen LogP contribution in [0.2, 0.25) is 0 Å². The molecule has 0 saturated carbocycles. The largest absolute Gasteiger partial charge is 0.438 e. The summed E-state index contributed by atoms with van der Waals surface area (Å²) in [6.45, 7) is -1.46. The Bertz CT molecular complexity index is 450. The third kappa shape index (κ3) is 3.47. The Morgan fingerprint density at radius 3 is 2.50 bits per heavy atom. The van der Waals surface area contributed by atoms with Crippen molar-refractivity contribution in [3.63, 3.8) is 0 Å². The minimum Gasteiger partial charge on any atom is -0.409 e. The van der Waals surface area contributed by atoms with Crippen molar-refractivity contribution in [3.8, 4) is 5.75 Å². The molecule has 96 valence electrons. The van der Waals surface area contributed by atoms with Crippen LogP contribution in [0.5, 0.6) is 5.75 Å². The standard InChI is InChI=1S/C9H8FN3O5/c10-5-6-12(11-15)9(14)18-8-3-1-7(2-4-8)13(16)17/h1-4H,5-6H2. The lowest BCUT2D eigenvalue weighted by molar-refractivity contribution is -0.384. The van der Waals surface area contributed by atoms with Crippen LogP contribution in [0.15, 0.2) is 29.6 Å². The van der Waals surface area contributed by atoms with Gasteiger partial charge in [0.05, 0.1) is 16.8 Å². The van der Waals surface area contributed by atoms with Gasteiger partial charge >= 0.3 is 6.09 Å². The molecule has 1 amide bonds. The molecule has 0 fully saturated rings. The maximum atomic E-state index is 11.9. The van der Waals surface area contributed by atoms with Gasteiger partial charge in [-0.1, -0.05) is 0 Å². The summed E-state index contributed by atoms with van der Waals surface area (Å²) >= 11 is 0. The number of nitroso groups, excluding NO2 is 1. The van der Waals surface area contributed by atoms with E-state index in [0.29, 0.717) is 0 Å². The highest BCUT2D eigenvalue weighted by molar-refractivity contribution is 5.70. The van der Waals surface area contributed by atoms with Crippen molar-refractivity contribution >= 4 is 11.8 Å². The van der Waals surface area contributed by atoms with Gasteiger partial charge in [-0.3, -0.25) is 10.1 Å². The van der Waals surface area contributed by atoms with E-state index < -0.39 is 24.2 Å². The van der Waals surface area contributed by atoms with Crippen molar-refractivity contribution in [2.75, 3.05) is 13.2 Å². The van der Waals surface area contributed by atoms with E-state index >= 15 is 0 Å². The smallest absolute Gasteiger partial charge is 0.409 e. The fourth-order valence-corrected chi connectivity index (χ4v) is 1.03. The van der Waals surface area contributed by atoms with Crippen LogP contribution in [0.4, 0.5) is 14.9 Å². The zero-order chi connectivity index (χ0) is 13.5. The molecular formula is C9H8FN3O5. The van der Waals surface area contributed by atoms with Gasteiger partial charge in [-0.25, -0.2) is 9.18 Å². The van der Waals surface area contributed by atoms with Crippen molar-refractivity contribution in [1.29, 1.82) is 0 Å². The second kappa shape index (κ2) is 6.23. The molecule has 0 N–H and O–H groups in total. The van der Waals surface area contributed by atoms with E-state index in [1.165, 1.54) is 12.1 Å². The van der Waals surface area contributed by atoms with Gasteiger partial charge in [0.2, 0.25) is 0 Å². The molecule has 0 radical (unpaired) electrons. The SMILES string of the molecule is O=NN(CCF)C(=O)Oc1ccc([N+](=O)[O-])cc1. The Labute approximate surface area is 100 Å². The summed E-state index contributed by atoms with van der Waals surface area (Å²) in [6, 6.07) is 4.59. The molecule has 0 heterocycles. The number of ether oxygens (including phenoxy) is 1. The summed E-state index contributed by atoms with van der Waals surface area (Å²) in [5.74, 6) is -0.0156. The van der Waals surface area contributed by atoms with Crippen LogP contribution in [0.25, 0.3) is 0 Å². The number of benzene rings is 1. The van der Waals surface area contributed by atoms with E-state index in [1.54, 1.807) is 0 Å². The minimum absolute atomic E-state index is 0.0156. The van der Waals surface area contributed by atoms with Gasteiger partial charge in [-0.15, -0.1) is 4.91 Å². The third-order valence-corrected chi connectivity index (χ3v) is 1.86. The Balaban J connectivity index is 2.69. The monoisotopic (exact) mass is 257 g/mol. The van der Waals surface area contributed by atoms with Crippen LogP contribution in [-0.2, 0) is 0 Å². The van der Waals surface area contributed by atoms with Crippen molar-refractivity contribution in [1.82, 2.24) is 5.01 Å². The Hall–Kier alpha value is -2.58. The Kier molecular flexibility index (Phi) is 4.67. The highest BCUT2D eigenvalue weighted by Gasteiger charge is 2.16. The van der Waals surface area contributed by atoms with Crippen molar-refractivity contribution in [2.24, 2.45) is 5.29 Å². The third-order valence-electron chi connectivity index (χ3n) is 1.86. The molecule has 0 aliphatic carbocycles. The first kappa shape index (κ1) is 13.5. The lowest BCUT2D eigenvalue weighted by Gasteiger charge is -2.10. The van der Waals surface area contributed by atoms with Crippen LogP contribution in [0.3, 0.4) is 0 Å². The lowest BCUT2D eigenvalue weighted by atomic mass is 10.3. The lowest BCUT2D eigenvalue weighted by Crippen LogP contribution is -2.30. The average Bonchev–Trinajstić information content (AvgIpc) is 2.36. The first-order chi connectivity index (χ1) is 8.58. The van der Waals surface area contributed by atoms with Gasteiger partial charge in [-0.2, -0.15) is 5.01 Å². The summed E-state index contributed by atoms with van der Waals surface area (Å²) in [5, 5.41) is 12.9. The van der Waals surface area contributed by atoms with Gasteiger partial charge in [0.15, 0.2) is 0 Å². The second-order valence-electron chi connectivity index (χ2n) is 3.01. The molecule has 0 aliphatic rings. The molecule has 8 nitrogen and oxygen atoms in total. The van der Waals surface area contributed by atoms with E-state index in [9.17, 15) is 24.2 Å². The van der Waals surface area contributed by atoms with Crippen molar-refractivity contribution in [2.45, 2.75) is 0 Å². The van der Waals surface area contributed by atoms with Gasteiger partial charge in [0, 0.05) is 12.1 Å². The number of carbonyl (C=O) groups is 1. The van der Waals surface area contributed by atoms with Crippen LogP contribution in [-0.4, -0.2) is 29.2 Å². The Morgan fingerprint density at radius 1 is 1.44 bits per heavy atom. The van der Waals surface area contributed by atoms with Gasteiger partial charge in [0.25, 0.3) is 5.69 Å². The molecule has 18 heavy (non-hydrogen) atoms. The molecule has 0 aliphatic heterocycles. The minimum atomic E-state index is -1.16. The molecule has 9 heteroatoms. The first-order valence-corrected chi connectivity index (χ1v) is 4.71. The molecule has 1 rings (SSSR count). The number of carbonyl (C=O) groups excluding carboxylic acids is 1. The maximum absolute atomic E-state index is 11.9. The summed E-state index contributed by atoms with van der Waals surface area (Å²) in [4.78, 5) is 31.2. The number of non-ortho nitro benzene ring substituents is 1. The van der Waals surface area contributed by atoms with Crippen molar-refractivity contribution in [3.05, 3.63) is 39.3 Å². The Morgan fingerprint density at radius 2 is 2.06 bits per heavy atom. The van der Waals surface area contributed by atoms with E-state index in [4.69, 9.17) is 0 Å². The summed E-state index contributed by atoms with van der Waals surface area (Å²) in [7, 11) is 0. The molecule has 0 bridgehead atoms. The quantitative estimate of drug-likeness (QED) is 0.456. The number of halogens is 1. The second-order valence-corrected chi connectivity index (χ2v) is 3.01. The van der Waals surface area contributed by atoms with E-state index in [0.717, 1.165) is 12.1 Å². The number of nitro benzene ring substituents is 1. The van der Waals surface area contributed by atoms with E-state index in [2.05, 4.69) is 10.0 Å². The first-order valence-electron chi connectivity index (χ1n) is 4.71. The van der Waals surface area contributed by atoms with Crippen molar-refractivity contribution < 1.29 is 18.8 Å². The summed E-state index contributed by atoms with van der Waals surface area (Å²) in [6.07, 6.45) is -1.16. The number of alkyl halides is 1. The highest BCUT2D eigenvalue weighted by atomic mass is 19.1. The number of nitro groups is 1. The molecule has 1 aromatic carbocycles. The average molecular weight is 257 g/mol. The molecule has 0 spiro atoms.